The Morgan fingerprint density at radius 3 is 2.64 bits per heavy atom. The molecule has 0 spiro atoms. The van der Waals surface area contributed by atoms with Gasteiger partial charge in [-0.2, -0.15) is 0 Å². The molecule has 25 heavy (non-hydrogen) atoms. The van der Waals surface area contributed by atoms with E-state index in [2.05, 4.69) is 31.8 Å². The number of thiophene rings is 1. The first-order valence-electron chi connectivity index (χ1n) is 7.54. The Hall–Kier alpha value is -1.17. The fourth-order valence-corrected chi connectivity index (χ4v) is 3.61. The number of guanidine groups is 1. The maximum Gasteiger partial charge on any atom is 0.240 e. The van der Waals surface area contributed by atoms with Crippen molar-refractivity contribution in [3.05, 3.63) is 52.2 Å². The number of hydrogen-bond acceptors (Lipinski definition) is 4. The molecule has 9 heteroatoms. The molecule has 138 valence electrons. The van der Waals surface area contributed by atoms with Crippen LogP contribution >= 0.6 is 35.3 Å². The third-order valence-electron chi connectivity index (χ3n) is 3.40. The van der Waals surface area contributed by atoms with Crippen molar-refractivity contribution in [2.45, 2.75) is 17.9 Å². The monoisotopic (exact) mass is 494 g/mol. The van der Waals surface area contributed by atoms with E-state index in [1.165, 1.54) is 11.9 Å². The predicted molar refractivity (Wildman–Crippen MR) is 114 cm³/mol. The van der Waals surface area contributed by atoms with Gasteiger partial charge >= 0.3 is 0 Å². The Morgan fingerprint density at radius 2 is 2.00 bits per heavy atom. The molecule has 1 aromatic carbocycles. The second kappa shape index (κ2) is 10.7. The van der Waals surface area contributed by atoms with Crippen LogP contribution in [0.5, 0.6) is 0 Å². The van der Waals surface area contributed by atoms with Gasteiger partial charge in [0.2, 0.25) is 10.0 Å². The van der Waals surface area contributed by atoms with Crippen LogP contribution in [-0.4, -0.2) is 35.0 Å². The number of nitrogens with one attached hydrogen (secondary N) is 3. The molecule has 0 unspecified atom stereocenters. The molecule has 0 aliphatic carbocycles. The summed E-state index contributed by atoms with van der Waals surface area (Å²) in [4.78, 5) is 5.75. The normalized spacial score (nSPS) is 11.7. The van der Waals surface area contributed by atoms with Crippen LogP contribution in [0.15, 0.2) is 51.7 Å². The third-order valence-corrected chi connectivity index (χ3v) is 5.75. The highest BCUT2D eigenvalue weighted by Crippen LogP contribution is 2.11. The molecule has 0 bridgehead atoms. The maximum atomic E-state index is 11.8. The highest BCUT2D eigenvalue weighted by molar-refractivity contribution is 14.0. The summed E-state index contributed by atoms with van der Waals surface area (Å²) in [5, 5.41) is 8.50. The first kappa shape index (κ1) is 21.9. The Balaban J connectivity index is 0.00000312. The van der Waals surface area contributed by atoms with Crippen LogP contribution in [0.3, 0.4) is 0 Å². The predicted octanol–water partition coefficient (Wildman–Crippen LogP) is 2.18. The smallest absolute Gasteiger partial charge is 0.240 e. The van der Waals surface area contributed by atoms with Gasteiger partial charge < -0.3 is 10.6 Å². The van der Waals surface area contributed by atoms with Crippen LogP contribution in [0, 0.1) is 0 Å². The van der Waals surface area contributed by atoms with Gasteiger partial charge in [0.15, 0.2) is 5.96 Å². The van der Waals surface area contributed by atoms with Gasteiger partial charge in [-0.15, -0.1) is 35.3 Å². The zero-order valence-corrected chi connectivity index (χ0v) is 18.1. The summed E-state index contributed by atoms with van der Waals surface area (Å²) in [6.07, 6.45) is 0.939. The van der Waals surface area contributed by atoms with Gasteiger partial charge in [0.05, 0.1) is 4.90 Å². The number of benzene rings is 1. The fourth-order valence-electron chi connectivity index (χ4n) is 2.11. The van der Waals surface area contributed by atoms with Gasteiger partial charge in [0.25, 0.3) is 0 Å². The van der Waals surface area contributed by atoms with Gasteiger partial charge in [-0.1, -0.05) is 18.2 Å². The van der Waals surface area contributed by atoms with E-state index in [1.54, 1.807) is 36.6 Å². The summed E-state index contributed by atoms with van der Waals surface area (Å²) in [6.45, 7) is 1.28. The lowest BCUT2D eigenvalue weighted by Gasteiger charge is -2.12. The average Bonchev–Trinajstić information content (AvgIpc) is 3.11. The van der Waals surface area contributed by atoms with Gasteiger partial charge in [-0.25, -0.2) is 13.1 Å². The molecular weight excluding hydrogens is 471 g/mol. The molecule has 0 atom stereocenters. The molecule has 2 rings (SSSR count). The second-order valence-corrected chi connectivity index (χ2v) is 7.96. The van der Waals surface area contributed by atoms with Crippen molar-refractivity contribution in [1.29, 1.82) is 0 Å². The zero-order valence-electron chi connectivity index (χ0n) is 14.2. The number of aliphatic imine (C=N–C) groups is 1. The van der Waals surface area contributed by atoms with Crippen LogP contribution in [0.4, 0.5) is 0 Å². The standard InChI is InChI=1S/C16H22N4O2S2.HI/c1-17-16(19-9-8-14-6-4-10-23-14)20-12-13-5-3-7-15(11-13)24(21,22)18-2;/h3-7,10-11,18H,8-9,12H2,1-2H3,(H2,17,19,20);1H. The van der Waals surface area contributed by atoms with Crippen molar-refractivity contribution >= 4 is 51.3 Å². The molecule has 2 aromatic rings. The number of halogens is 1. The van der Waals surface area contributed by atoms with E-state index < -0.39 is 10.0 Å². The molecular formula is C16H23IN4O2S2. The molecule has 0 aliphatic heterocycles. The Bertz CT molecular complexity index is 777. The van der Waals surface area contributed by atoms with Crippen molar-refractivity contribution in [1.82, 2.24) is 15.4 Å². The van der Waals surface area contributed by atoms with E-state index in [1.807, 2.05) is 12.1 Å². The molecule has 0 radical (unpaired) electrons. The Morgan fingerprint density at radius 1 is 1.20 bits per heavy atom. The van der Waals surface area contributed by atoms with Crippen molar-refractivity contribution < 1.29 is 8.42 Å². The Labute approximate surface area is 170 Å². The molecule has 1 aromatic heterocycles. The minimum absolute atomic E-state index is 0. The number of hydrogen-bond donors (Lipinski definition) is 3. The summed E-state index contributed by atoms with van der Waals surface area (Å²) in [5.41, 5.74) is 0.868. The summed E-state index contributed by atoms with van der Waals surface area (Å²) < 4.78 is 26.0. The molecule has 0 saturated heterocycles. The lowest BCUT2D eigenvalue weighted by molar-refractivity contribution is 0.588. The van der Waals surface area contributed by atoms with E-state index >= 15 is 0 Å². The van der Waals surface area contributed by atoms with Gasteiger partial charge in [-0.05, 0) is 42.6 Å². The summed E-state index contributed by atoms with van der Waals surface area (Å²) in [5.74, 6) is 0.688. The number of sulfonamides is 1. The quantitative estimate of drug-likeness (QED) is 0.313. The average molecular weight is 494 g/mol. The molecule has 0 aliphatic rings. The number of nitrogens with zero attached hydrogens (tertiary/aromatic N) is 1. The van der Waals surface area contributed by atoms with Crippen LogP contribution in [0.25, 0.3) is 0 Å². The van der Waals surface area contributed by atoms with E-state index in [0.717, 1.165) is 18.5 Å². The van der Waals surface area contributed by atoms with Gasteiger partial charge in [-0.3, -0.25) is 4.99 Å². The lowest BCUT2D eigenvalue weighted by Crippen LogP contribution is -2.37. The molecule has 0 fully saturated rings. The second-order valence-electron chi connectivity index (χ2n) is 5.04. The third kappa shape index (κ3) is 6.92. The van der Waals surface area contributed by atoms with Crippen LogP contribution in [-0.2, 0) is 23.0 Å². The summed E-state index contributed by atoms with van der Waals surface area (Å²) >= 11 is 1.74. The minimum atomic E-state index is -3.43. The molecule has 6 nitrogen and oxygen atoms in total. The molecule has 3 N–H and O–H groups in total. The molecule has 0 saturated carbocycles. The first-order valence-corrected chi connectivity index (χ1v) is 9.91. The summed E-state index contributed by atoms with van der Waals surface area (Å²) in [7, 11) is -0.314. The fraction of sp³-hybridized carbons (Fsp3) is 0.312. The van der Waals surface area contributed by atoms with Crippen molar-refractivity contribution in [3.63, 3.8) is 0 Å². The minimum Gasteiger partial charge on any atom is -0.356 e. The summed E-state index contributed by atoms with van der Waals surface area (Å²) in [6, 6.07) is 11.0. The van der Waals surface area contributed by atoms with Crippen molar-refractivity contribution in [2.75, 3.05) is 20.6 Å². The van der Waals surface area contributed by atoms with Crippen molar-refractivity contribution in [2.24, 2.45) is 4.99 Å². The lowest BCUT2D eigenvalue weighted by atomic mass is 10.2. The largest absolute Gasteiger partial charge is 0.356 e. The van der Waals surface area contributed by atoms with Crippen LogP contribution < -0.4 is 15.4 Å². The highest BCUT2D eigenvalue weighted by Gasteiger charge is 2.11. The SMILES string of the molecule is CN=C(NCCc1cccs1)NCc1cccc(S(=O)(=O)NC)c1.I. The zero-order chi connectivity index (χ0) is 17.4. The van der Waals surface area contributed by atoms with Crippen LogP contribution in [0.1, 0.15) is 10.4 Å². The van der Waals surface area contributed by atoms with Crippen molar-refractivity contribution in [3.8, 4) is 0 Å². The van der Waals surface area contributed by atoms with E-state index in [-0.39, 0.29) is 28.9 Å². The topological polar surface area (TPSA) is 82.6 Å². The molecule has 0 amide bonds. The van der Waals surface area contributed by atoms with Crippen LogP contribution in [0.2, 0.25) is 0 Å². The number of rotatable bonds is 7. The Kier molecular flexibility index (Phi) is 9.39. The van der Waals surface area contributed by atoms with E-state index in [4.69, 9.17) is 0 Å². The van der Waals surface area contributed by atoms with Gasteiger partial charge in [0, 0.05) is 25.0 Å². The van der Waals surface area contributed by atoms with E-state index in [0.29, 0.717) is 12.5 Å². The van der Waals surface area contributed by atoms with E-state index in [9.17, 15) is 8.42 Å². The van der Waals surface area contributed by atoms with Gasteiger partial charge in [0.1, 0.15) is 0 Å². The highest BCUT2D eigenvalue weighted by atomic mass is 127. The first-order chi connectivity index (χ1) is 11.5. The molecule has 1 heterocycles. The maximum absolute atomic E-state index is 11.8.